The van der Waals surface area contributed by atoms with Crippen molar-refractivity contribution in [3.63, 3.8) is 0 Å². The minimum Gasteiger partial charge on any atom is -0.362 e. The molecule has 3 fully saturated rings. The van der Waals surface area contributed by atoms with Crippen molar-refractivity contribution in [3.05, 3.63) is 65.3 Å². The van der Waals surface area contributed by atoms with Crippen molar-refractivity contribution in [3.8, 4) is 0 Å². The number of pyridine rings is 1. The van der Waals surface area contributed by atoms with E-state index in [1.807, 2.05) is 36.6 Å². The summed E-state index contributed by atoms with van der Waals surface area (Å²) in [5.41, 5.74) is 3.45. The van der Waals surface area contributed by atoms with Crippen molar-refractivity contribution in [1.82, 2.24) is 34.2 Å². The molecule has 220 valence electrons. The Kier molecular flexibility index (Phi) is 6.33. The number of aromatic nitrogens is 6. The van der Waals surface area contributed by atoms with Gasteiger partial charge in [0.1, 0.15) is 41.3 Å². The Bertz CT molecular complexity index is 1800. The van der Waals surface area contributed by atoms with Gasteiger partial charge in [-0.2, -0.15) is 0 Å². The standard InChI is InChI=1S/C30H32N10O3/c1-15-7-8-31-28(32-15)20-11-21(20)29(42)37-24-12-23(34-17(3)35-24)33-16(2)22-13-39-25(36-22)9-19(18-5-6-18)10-26(39)40-14-27(41)38(4)30(40)43/h7-10,12-13,16,18,20-21H,5-6,11,14H2,1-4H3,(H2,33,34,35,37,42)/t16?,20-,21-/m0/s1. The number of imide groups is 1. The molecule has 13 heteroatoms. The fourth-order valence-electron chi connectivity index (χ4n) is 5.59. The van der Waals surface area contributed by atoms with Crippen LogP contribution < -0.4 is 15.5 Å². The van der Waals surface area contributed by atoms with Crippen molar-refractivity contribution >= 4 is 40.9 Å². The molecule has 1 aliphatic heterocycles. The van der Waals surface area contributed by atoms with Gasteiger partial charge in [-0.15, -0.1) is 0 Å². The average molecular weight is 581 g/mol. The molecule has 2 N–H and O–H groups in total. The molecule has 7 rings (SSSR count). The normalized spacial score (nSPS) is 20.6. The van der Waals surface area contributed by atoms with Crippen molar-refractivity contribution < 1.29 is 14.4 Å². The number of amides is 4. The van der Waals surface area contributed by atoms with Crippen molar-refractivity contribution in [2.75, 3.05) is 29.1 Å². The van der Waals surface area contributed by atoms with E-state index in [0.29, 0.717) is 47.1 Å². The van der Waals surface area contributed by atoms with E-state index in [-0.39, 0.29) is 42.3 Å². The summed E-state index contributed by atoms with van der Waals surface area (Å²) in [5.74, 6) is 2.69. The van der Waals surface area contributed by atoms with Gasteiger partial charge in [0.2, 0.25) is 5.91 Å². The quantitative estimate of drug-likeness (QED) is 0.297. The first-order valence-corrected chi connectivity index (χ1v) is 14.5. The van der Waals surface area contributed by atoms with Crippen LogP contribution in [0, 0.1) is 19.8 Å². The number of carbonyl (C=O) groups is 3. The fourth-order valence-corrected chi connectivity index (χ4v) is 5.59. The van der Waals surface area contributed by atoms with Gasteiger partial charge in [0, 0.05) is 43.0 Å². The Morgan fingerprint density at radius 3 is 2.56 bits per heavy atom. The number of nitrogens with zero attached hydrogens (tertiary/aromatic N) is 8. The van der Waals surface area contributed by atoms with E-state index < -0.39 is 0 Å². The highest BCUT2D eigenvalue weighted by atomic mass is 16.2. The molecule has 0 aromatic carbocycles. The van der Waals surface area contributed by atoms with Crippen LogP contribution in [0.25, 0.3) is 5.65 Å². The average Bonchev–Trinajstić information content (AvgIpc) is 3.89. The van der Waals surface area contributed by atoms with Crippen LogP contribution in [0.1, 0.15) is 72.7 Å². The van der Waals surface area contributed by atoms with Gasteiger partial charge in [0.25, 0.3) is 5.91 Å². The Hall–Kier alpha value is -4.94. The fraction of sp³-hybridized carbons (Fsp3) is 0.400. The Balaban J connectivity index is 1.10. The molecule has 0 spiro atoms. The third-order valence-corrected chi connectivity index (χ3v) is 8.27. The molecular weight excluding hydrogens is 548 g/mol. The first-order valence-electron chi connectivity index (χ1n) is 14.5. The molecular formula is C30H32N10O3. The Labute approximate surface area is 247 Å². The van der Waals surface area contributed by atoms with E-state index in [0.717, 1.165) is 34.7 Å². The molecule has 2 saturated carbocycles. The smallest absolute Gasteiger partial charge is 0.332 e. The van der Waals surface area contributed by atoms with Crippen LogP contribution in [0.15, 0.2) is 36.7 Å². The zero-order valence-corrected chi connectivity index (χ0v) is 24.4. The number of rotatable bonds is 8. The number of urea groups is 1. The van der Waals surface area contributed by atoms with Gasteiger partial charge < -0.3 is 10.6 Å². The monoisotopic (exact) mass is 580 g/mol. The Morgan fingerprint density at radius 2 is 1.84 bits per heavy atom. The number of carbonyl (C=O) groups excluding carboxylic acids is 3. The zero-order valence-electron chi connectivity index (χ0n) is 24.4. The maximum atomic E-state index is 13.0. The number of fused-ring (bicyclic) bond motifs is 1. The number of anilines is 3. The third-order valence-electron chi connectivity index (χ3n) is 8.27. The molecule has 0 bridgehead atoms. The van der Waals surface area contributed by atoms with E-state index in [1.54, 1.807) is 19.2 Å². The predicted molar refractivity (Wildman–Crippen MR) is 158 cm³/mol. The summed E-state index contributed by atoms with van der Waals surface area (Å²) in [5, 5.41) is 6.31. The molecule has 0 radical (unpaired) electrons. The van der Waals surface area contributed by atoms with Gasteiger partial charge >= 0.3 is 6.03 Å². The summed E-state index contributed by atoms with van der Waals surface area (Å²) in [6.45, 7) is 5.64. The summed E-state index contributed by atoms with van der Waals surface area (Å²) in [6.07, 6.45) is 6.50. The van der Waals surface area contributed by atoms with Crippen LogP contribution in [0.3, 0.4) is 0 Å². The second kappa shape index (κ2) is 10.1. The van der Waals surface area contributed by atoms with Crippen LogP contribution in [0.2, 0.25) is 0 Å². The van der Waals surface area contributed by atoms with E-state index in [2.05, 4.69) is 36.6 Å². The van der Waals surface area contributed by atoms with E-state index in [9.17, 15) is 14.4 Å². The second-order valence-corrected chi connectivity index (χ2v) is 11.7. The van der Waals surface area contributed by atoms with Crippen LogP contribution in [0.4, 0.5) is 22.2 Å². The van der Waals surface area contributed by atoms with Crippen LogP contribution >= 0.6 is 0 Å². The first-order chi connectivity index (χ1) is 20.6. The van der Waals surface area contributed by atoms with Gasteiger partial charge in [-0.1, -0.05) is 0 Å². The van der Waals surface area contributed by atoms with Gasteiger partial charge in [0.15, 0.2) is 0 Å². The van der Waals surface area contributed by atoms with E-state index in [1.165, 1.54) is 11.9 Å². The molecule has 2 aliphatic carbocycles. The lowest BCUT2D eigenvalue weighted by Crippen LogP contribution is -2.31. The number of hydrogen-bond donors (Lipinski definition) is 2. The lowest BCUT2D eigenvalue weighted by atomic mass is 10.1. The number of nitrogens with one attached hydrogen (secondary N) is 2. The molecule has 4 amide bonds. The van der Waals surface area contributed by atoms with Crippen LogP contribution in [-0.2, 0) is 9.59 Å². The maximum absolute atomic E-state index is 13.0. The highest BCUT2D eigenvalue weighted by molar-refractivity contribution is 6.11. The summed E-state index contributed by atoms with van der Waals surface area (Å²) >= 11 is 0. The SMILES string of the molecule is Cc1ccnc([C@H]2C[C@@H]2C(=O)Nc2cc(NC(C)c3cn4c(N5CC(=O)N(C)C5=O)cc(C5CC5)cc4n3)nc(C)n2)n1. The van der Waals surface area contributed by atoms with Crippen molar-refractivity contribution in [1.29, 1.82) is 0 Å². The van der Waals surface area contributed by atoms with E-state index >= 15 is 0 Å². The maximum Gasteiger partial charge on any atom is 0.332 e. The van der Waals surface area contributed by atoms with Crippen molar-refractivity contribution in [2.45, 2.75) is 57.9 Å². The lowest BCUT2D eigenvalue weighted by molar-refractivity contribution is -0.124. The Morgan fingerprint density at radius 1 is 1.05 bits per heavy atom. The molecule has 13 nitrogen and oxygen atoms in total. The number of hydrogen-bond acceptors (Lipinski definition) is 9. The molecule has 5 heterocycles. The predicted octanol–water partition coefficient (Wildman–Crippen LogP) is 3.72. The highest BCUT2D eigenvalue weighted by Gasteiger charge is 2.46. The highest BCUT2D eigenvalue weighted by Crippen LogP contribution is 2.46. The van der Waals surface area contributed by atoms with Gasteiger partial charge in [-0.25, -0.2) is 29.7 Å². The topological polar surface area (TPSA) is 151 Å². The van der Waals surface area contributed by atoms with Crippen LogP contribution in [0.5, 0.6) is 0 Å². The first kappa shape index (κ1) is 26.9. The van der Waals surface area contributed by atoms with E-state index in [4.69, 9.17) is 4.98 Å². The van der Waals surface area contributed by atoms with Crippen molar-refractivity contribution in [2.24, 2.45) is 5.92 Å². The second-order valence-electron chi connectivity index (χ2n) is 11.7. The van der Waals surface area contributed by atoms with Gasteiger partial charge in [-0.3, -0.25) is 23.8 Å². The molecule has 3 aliphatic rings. The third kappa shape index (κ3) is 5.15. The molecule has 1 unspecified atom stereocenters. The summed E-state index contributed by atoms with van der Waals surface area (Å²) in [4.78, 5) is 63.4. The zero-order chi connectivity index (χ0) is 30.0. The minimum absolute atomic E-state index is 0.00576. The molecule has 3 atom stereocenters. The molecule has 43 heavy (non-hydrogen) atoms. The largest absolute Gasteiger partial charge is 0.362 e. The summed E-state index contributed by atoms with van der Waals surface area (Å²) in [6, 6.07) is 6.98. The number of imidazole rings is 1. The molecule has 4 aromatic rings. The summed E-state index contributed by atoms with van der Waals surface area (Å²) < 4.78 is 1.87. The van der Waals surface area contributed by atoms with Gasteiger partial charge in [-0.05, 0) is 69.7 Å². The number of aryl methyl sites for hydroxylation is 2. The number of likely N-dealkylation sites (N-methyl/N-ethyl adjacent to an activating group) is 1. The van der Waals surface area contributed by atoms with Gasteiger partial charge in [0.05, 0.1) is 11.7 Å². The minimum atomic E-state index is -0.351. The summed E-state index contributed by atoms with van der Waals surface area (Å²) in [7, 11) is 1.50. The molecule has 1 saturated heterocycles. The lowest BCUT2D eigenvalue weighted by Gasteiger charge is -2.18. The molecule has 4 aromatic heterocycles. The van der Waals surface area contributed by atoms with Crippen LogP contribution in [-0.4, -0.2) is 65.7 Å².